The number of piperazine rings is 1. The van der Waals surface area contributed by atoms with Crippen LogP contribution >= 0.6 is 0 Å². The molecule has 1 aromatic heterocycles. The first-order chi connectivity index (χ1) is 15.0. The largest absolute Gasteiger partial charge is 0.450 e. The molecule has 0 saturated carbocycles. The lowest BCUT2D eigenvalue weighted by Crippen LogP contribution is -2.55. The van der Waals surface area contributed by atoms with Crippen LogP contribution in [0, 0.1) is 13.8 Å². The van der Waals surface area contributed by atoms with Crippen LogP contribution in [0.25, 0.3) is 5.69 Å². The second-order valence-corrected chi connectivity index (χ2v) is 8.78. The zero-order valence-corrected chi connectivity index (χ0v) is 19.1. The van der Waals surface area contributed by atoms with Gasteiger partial charge in [0.25, 0.3) is 0 Å². The number of hydrogen-bond donors (Lipinski definition) is 0. The van der Waals surface area contributed by atoms with Crippen LogP contribution in [0.3, 0.4) is 0 Å². The third-order valence-electron chi connectivity index (χ3n) is 6.56. The number of carbonyl (C=O) groups is 1. The van der Waals surface area contributed by atoms with Gasteiger partial charge >= 0.3 is 6.09 Å². The summed E-state index contributed by atoms with van der Waals surface area (Å²) in [5.41, 5.74) is 5.15. The summed E-state index contributed by atoms with van der Waals surface area (Å²) in [6.45, 7) is 13.2. The van der Waals surface area contributed by atoms with Gasteiger partial charge in [0.05, 0.1) is 12.3 Å². The van der Waals surface area contributed by atoms with Crippen molar-refractivity contribution in [1.29, 1.82) is 0 Å². The third-order valence-corrected chi connectivity index (χ3v) is 6.56. The fourth-order valence-corrected chi connectivity index (χ4v) is 4.98. The number of ether oxygens (including phenoxy) is 1. The van der Waals surface area contributed by atoms with E-state index in [0.717, 1.165) is 45.8 Å². The predicted octanol–water partition coefficient (Wildman–Crippen LogP) is 3.23. The fraction of sp³-hybridized carbons (Fsp3) is 0.583. The Hall–Kier alpha value is -2.38. The molecule has 2 aliphatic heterocycles. The summed E-state index contributed by atoms with van der Waals surface area (Å²) in [4.78, 5) is 19.0. The van der Waals surface area contributed by atoms with Crippen LogP contribution in [-0.2, 0) is 11.3 Å². The van der Waals surface area contributed by atoms with E-state index < -0.39 is 0 Å². The van der Waals surface area contributed by atoms with Gasteiger partial charge < -0.3 is 9.64 Å². The van der Waals surface area contributed by atoms with E-state index in [9.17, 15) is 4.79 Å². The molecule has 7 heteroatoms. The Labute approximate surface area is 185 Å². The van der Waals surface area contributed by atoms with Gasteiger partial charge in [0.2, 0.25) is 0 Å². The maximum Gasteiger partial charge on any atom is 0.409 e. The second-order valence-electron chi connectivity index (χ2n) is 8.78. The van der Waals surface area contributed by atoms with Gasteiger partial charge in [0.15, 0.2) is 0 Å². The summed E-state index contributed by atoms with van der Waals surface area (Å²) in [5.74, 6) is 0. The van der Waals surface area contributed by atoms with E-state index in [0.29, 0.717) is 12.6 Å². The van der Waals surface area contributed by atoms with E-state index in [1.165, 1.54) is 35.2 Å². The van der Waals surface area contributed by atoms with Gasteiger partial charge in [-0.3, -0.25) is 9.80 Å². The van der Waals surface area contributed by atoms with Gasteiger partial charge in [-0.05, 0) is 69.0 Å². The highest BCUT2D eigenvalue weighted by Crippen LogP contribution is 2.25. The lowest BCUT2D eigenvalue weighted by molar-refractivity contribution is 0.0412. The molecule has 168 valence electrons. The highest BCUT2D eigenvalue weighted by Gasteiger charge is 2.30. The molecule has 2 aliphatic rings. The molecule has 1 amide bonds. The number of rotatable bonds is 5. The van der Waals surface area contributed by atoms with E-state index in [1.807, 2.05) is 35.0 Å². The van der Waals surface area contributed by atoms with Gasteiger partial charge in [0.1, 0.15) is 0 Å². The van der Waals surface area contributed by atoms with E-state index in [4.69, 9.17) is 4.74 Å². The van der Waals surface area contributed by atoms with Crippen LogP contribution in [0.5, 0.6) is 0 Å². The molecule has 0 aliphatic carbocycles. The Bertz CT molecular complexity index is 874. The number of benzene rings is 1. The summed E-state index contributed by atoms with van der Waals surface area (Å²) in [7, 11) is 0. The molecule has 1 aromatic carbocycles. The Morgan fingerprint density at radius 1 is 1.16 bits per heavy atom. The third kappa shape index (κ3) is 5.10. The van der Waals surface area contributed by atoms with Crippen LogP contribution in [0.1, 0.15) is 36.5 Å². The summed E-state index contributed by atoms with van der Waals surface area (Å²) in [5, 5.41) is 4.49. The normalized spacial score (nSPS) is 20.7. The van der Waals surface area contributed by atoms with Crippen molar-refractivity contribution in [2.45, 2.75) is 46.2 Å². The SMILES string of the molecule is CCOC(=O)N1CCN([C@H]2CCCN(Cc3c(C)cc(C)cc3-n3cccn3)C2)CC1. The average molecular weight is 426 g/mol. The summed E-state index contributed by atoms with van der Waals surface area (Å²) in [6.07, 6.45) is 6.14. The lowest BCUT2D eigenvalue weighted by Gasteiger charge is -2.43. The van der Waals surface area contributed by atoms with Crippen LogP contribution in [0.2, 0.25) is 0 Å². The summed E-state index contributed by atoms with van der Waals surface area (Å²) >= 11 is 0. The van der Waals surface area contributed by atoms with Crippen molar-refractivity contribution in [2.24, 2.45) is 0 Å². The number of piperidine rings is 1. The van der Waals surface area contributed by atoms with Gasteiger partial charge in [0, 0.05) is 57.7 Å². The number of nitrogens with zero attached hydrogens (tertiary/aromatic N) is 5. The smallest absolute Gasteiger partial charge is 0.409 e. The first-order valence-corrected chi connectivity index (χ1v) is 11.5. The number of likely N-dealkylation sites (tertiary alicyclic amines) is 1. The Balaban J connectivity index is 1.41. The van der Waals surface area contributed by atoms with Crippen LogP contribution in [-0.4, -0.2) is 82.5 Å². The van der Waals surface area contributed by atoms with Crippen LogP contribution < -0.4 is 0 Å². The molecule has 2 saturated heterocycles. The molecule has 4 rings (SSSR count). The Morgan fingerprint density at radius 2 is 1.97 bits per heavy atom. The molecule has 3 heterocycles. The first-order valence-electron chi connectivity index (χ1n) is 11.5. The minimum atomic E-state index is -0.173. The van der Waals surface area contributed by atoms with Crippen LogP contribution in [0.15, 0.2) is 30.6 Å². The Kier molecular flexibility index (Phi) is 6.92. The van der Waals surface area contributed by atoms with E-state index in [1.54, 1.807) is 0 Å². The molecule has 0 radical (unpaired) electrons. The van der Waals surface area contributed by atoms with E-state index in [2.05, 4.69) is 40.9 Å². The number of aromatic nitrogens is 2. The van der Waals surface area contributed by atoms with Crippen molar-refractivity contribution < 1.29 is 9.53 Å². The van der Waals surface area contributed by atoms with Crippen LogP contribution in [0.4, 0.5) is 4.79 Å². The molecule has 0 N–H and O–H groups in total. The van der Waals surface area contributed by atoms with E-state index >= 15 is 0 Å². The number of aryl methyl sites for hydroxylation is 2. The van der Waals surface area contributed by atoms with Gasteiger partial charge in [-0.15, -0.1) is 0 Å². The topological polar surface area (TPSA) is 53.8 Å². The average Bonchev–Trinajstić information content (AvgIpc) is 3.31. The zero-order chi connectivity index (χ0) is 21.8. The number of carbonyl (C=O) groups excluding carboxylic acids is 1. The summed E-state index contributed by atoms with van der Waals surface area (Å²) in [6, 6.07) is 7.05. The lowest BCUT2D eigenvalue weighted by atomic mass is 9.99. The second kappa shape index (κ2) is 9.83. The molecular formula is C24H35N5O2. The maximum absolute atomic E-state index is 12.0. The molecule has 0 spiro atoms. The first kappa shape index (κ1) is 21.8. The molecule has 0 unspecified atom stereocenters. The van der Waals surface area contributed by atoms with Crippen molar-refractivity contribution in [3.05, 3.63) is 47.3 Å². The highest BCUT2D eigenvalue weighted by atomic mass is 16.6. The highest BCUT2D eigenvalue weighted by molar-refractivity contribution is 5.67. The molecule has 0 bridgehead atoms. The minimum absolute atomic E-state index is 0.173. The maximum atomic E-state index is 12.0. The van der Waals surface area contributed by atoms with E-state index in [-0.39, 0.29) is 6.09 Å². The quantitative estimate of drug-likeness (QED) is 0.736. The van der Waals surface area contributed by atoms with Gasteiger partial charge in [-0.25, -0.2) is 9.48 Å². The monoisotopic (exact) mass is 425 g/mol. The van der Waals surface area contributed by atoms with Gasteiger partial charge in [-0.2, -0.15) is 5.10 Å². The molecule has 1 atom stereocenters. The molecule has 2 fully saturated rings. The van der Waals surface area contributed by atoms with Crippen molar-refractivity contribution in [3.8, 4) is 5.69 Å². The number of amides is 1. The standard InChI is InChI=1S/C24H35N5O2/c1-4-31-24(30)28-13-11-27(12-14-28)21-7-5-9-26(17-21)18-22-20(3)15-19(2)16-23(22)29-10-6-8-25-29/h6,8,10,15-16,21H,4-5,7,9,11-14,17-18H2,1-3H3/t21-/m0/s1. The predicted molar refractivity (Wildman–Crippen MR) is 122 cm³/mol. The zero-order valence-electron chi connectivity index (χ0n) is 19.1. The molecular weight excluding hydrogens is 390 g/mol. The Morgan fingerprint density at radius 3 is 2.68 bits per heavy atom. The van der Waals surface area contributed by atoms with Crippen molar-refractivity contribution in [2.75, 3.05) is 45.9 Å². The molecule has 2 aromatic rings. The number of hydrogen-bond acceptors (Lipinski definition) is 5. The van der Waals surface area contributed by atoms with Crippen molar-refractivity contribution >= 4 is 6.09 Å². The molecule has 31 heavy (non-hydrogen) atoms. The van der Waals surface area contributed by atoms with Crippen molar-refractivity contribution in [3.63, 3.8) is 0 Å². The van der Waals surface area contributed by atoms with Gasteiger partial charge in [-0.1, -0.05) is 6.07 Å². The molecule has 7 nitrogen and oxygen atoms in total. The summed E-state index contributed by atoms with van der Waals surface area (Å²) < 4.78 is 7.15. The van der Waals surface area contributed by atoms with Crippen molar-refractivity contribution in [1.82, 2.24) is 24.5 Å². The fourth-order valence-electron chi connectivity index (χ4n) is 4.98. The minimum Gasteiger partial charge on any atom is -0.450 e.